The summed E-state index contributed by atoms with van der Waals surface area (Å²) in [5, 5.41) is 9.45. The Morgan fingerprint density at radius 2 is 0.842 bits per heavy atom. The molecule has 0 aliphatic carbocycles. The van der Waals surface area contributed by atoms with Gasteiger partial charge in [-0.1, -0.05) is 152 Å². The van der Waals surface area contributed by atoms with Crippen LogP contribution in [0.1, 0.15) is 0 Å². The SMILES string of the molecule is [C-]#[N+]c1cc(-c2nc(-c3ccc4c5ccccc5c5ccccc5c4c3)nc(-c3ccccc3-c3ccccc3)n2)cc(-n2c3ccccc3c3ccccc32)c1. The summed E-state index contributed by atoms with van der Waals surface area (Å²) in [6, 6.07) is 65.1. The first-order valence-electron chi connectivity index (χ1n) is 19.0. The molecule has 0 N–H and O–H groups in total. The predicted octanol–water partition coefficient (Wildman–Crippen LogP) is 13.6. The molecule has 5 nitrogen and oxygen atoms in total. The standard InChI is InChI=1S/C52H31N5/c1-53-36-29-35(30-37(32-36)57-48-25-13-11-22-44(48)45-23-12-14-26-49(45)57)51-54-50(55-52(56-51)46-24-10-5-17-38(46)33-15-3-2-4-16-33)34-27-28-43-41-20-7-6-18-39(41)40-19-8-9-21-42(40)47(43)31-34/h2-32H. The Bertz CT molecular complexity index is 3340. The molecule has 5 heteroatoms. The first-order chi connectivity index (χ1) is 28.2. The number of nitrogens with zero attached hydrogens (tertiary/aromatic N) is 5. The number of rotatable bonds is 5. The van der Waals surface area contributed by atoms with Crippen LogP contribution in [0.5, 0.6) is 0 Å². The molecule has 11 aromatic rings. The zero-order chi connectivity index (χ0) is 37.9. The van der Waals surface area contributed by atoms with E-state index in [0.29, 0.717) is 23.2 Å². The van der Waals surface area contributed by atoms with Gasteiger partial charge in [-0.2, -0.15) is 0 Å². The highest BCUT2D eigenvalue weighted by atomic mass is 15.0. The van der Waals surface area contributed by atoms with E-state index in [4.69, 9.17) is 21.5 Å². The summed E-state index contributed by atoms with van der Waals surface area (Å²) >= 11 is 0. The second-order valence-electron chi connectivity index (χ2n) is 14.3. The van der Waals surface area contributed by atoms with Gasteiger partial charge in [0.2, 0.25) is 0 Å². The Morgan fingerprint density at radius 1 is 0.351 bits per heavy atom. The number of para-hydroxylation sites is 2. The molecule has 2 heterocycles. The van der Waals surface area contributed by atoms with Crippen LogP contribution in [0.25, 0.3) is 110 Å². The lowest BCUT2D eigenvalue weighted by atomic mass is 9.93. The molecule has 0 aliphatic heterocycles. The number of benzene rings is 9. The minimum absolute atomic E-state index is 0.494. The van der Waals surface area contributed by atoms with E-state index in [1.54, 1.807) is 0 Å². The van der Waals surface area contributed by atoms with E-state index in [0.717, 1.165) is 60.7 Å². The average Bonchev–Trinajstić information content (AvgIpc) is 3.63. The first kappa shape index (κ1) is 32.5. The molecule has 0 saturated heterocycles. The molecule has 0 unspecified atom stereocenters. The first-order valence-corrected chi connectivity index (χ1v) is 19.0. The average molecular weight is 726 g/mol. The van der Waals surface area contributed by atoms with Crippen molar-refractivity contribution in [2.24, 2.45) is 0 Å². The fourth-order valence-electron chi connectivity index (χ4n) is 8.47. The third kappa shape index (κ3) is 5.35. The van der Waals surface area contributed by atoms with Crippen LogP contribution < -0.4 is 0 Å². The van der Waals surface area contributed by atoms with Crippen molar-refractivity contribution in [2.75, 3.05) is 0 Å². The van der Waals surface area contributed by atoms with E-state index in [1.807, 2.05) is 42.5 Å². The number of fused-ring (bicyclic) bond motifs is 9. The van der Waals surface area contributed by atoms with Gasteiger partial charge < -0.3 is 4.57 Å². The molecule has 0 fully saturated rings. The maximum absolute atomic E-state index is 8.19. The van der Waals surface area contributed by atoms with Crippen LogP contribution in [-0.2, 0) is 0 Å². The van der Waals surface area contributed by atoms with Gasteiger partial charge in [0.1, 0.15) is 0 Å². The van der Waals surface area contributed by atoms with E-state index in [9.17, 15) is 0 Å². The molecule has 0 atom stereocenters. The van der Waals surface area contributed by atoms with Crippen LogP contribution >= 0.6 is 0 Å². The van der Waals surface area contributed by atoms with Gasteiger partial charge in [0.05, 0.1) is 17.6 Å². The van der Waals surface area contributed by atoms with Gasteiger partial charge in [-0.15, -0.1) is 0 Å². The van der Waals surface area contributed by atoms with E-state index in [-0.39, 0.29) is 0 Å². The number of aromatic nitrogens is 4. The van der Waals surface area contributed by atoms with E-state index < -0.39 is 0 Å². The van der Waals surface area contributed by atoms with E-state index in [1.165, 1.54) is 26.9 Å². The highest BCUT2D eigenvalue weighted by Gasteiger charge is 2.19. The largest absolute Gasteiger partial charge is 0.310 e. The Kier molecular flexibility index (Phi) is 7.48. The van der Waals surface area contributed by atoms with Crippen molar-refractivity contribution >= 4 is 59.8 Å². The van der Waals surface area contributed by atoms with Crippen molar-refractivity contribution in [1.29, 1.82) is 0 Å². The molecule has 264 valence electrons. The normalized spacial score (nSPS) is 11.5. The predicted molar refractivity (Wildman–Crippen MR) is 235 cm³/mol. The minimum atomic E-state index is 0.494. The van der Waals surface area contributed by atoms with Crippen molar-refractivity contribution in [2.45, 2.75) is 0 Å². The Hall–Kier alpha value is -7.94. The van der Waals surface area contributed by atoms with Gasteiger partial charge in [0.15, 0.2) is 23.2 Å². The Labute approximate surface area is 328 Å². The topological polar surface area (TPSA) is 48.0 Å². The minimum Gasteiger partial charge on any atom is -0.310 e. The highest BCUT2D eigenvalue weighted by Crippen LogP contribution is 2.39. The number of hydrogen-bond donors (Lipinski definition) is 0. The second-order valence-corrected chi connectivity index (χ2v) is 14.3. The second kappa shape index (κ2) is 13.1. The van der Waals surface area contributed by atoms with Crippen molar-refractivity contribution < 1.29 is 0 Å². The molecule has 0 aliphatic rings. The van der Waals surface area contributed by atoms with Crippen molar-refractivity contribution in [3.8, 4) is 51.0 Å². The summed E-state index contributed by atoms with van der Waals surface area (Å²) in [6.07, 6.45) is 0. The van der Waals surface area contributed by atoms with Gasteiger partial charge >= 0.3 is 0 Å². The molecule has 0 bridgehead atoms. The van der Waals surface area contributed by atoms with Crippen LogP contribution in [0.3, 0.4) is 0 Å². The van der Waals surface area contributed by atoms with Crippen molar-refractivity contribution in [1.82, 2.24) is 19.5 Å². The summed E-state index contributed by atoms with van der Waals surface area (Å²) in [5.41, 5.74) is 8.12. The summed E-state index contributed by atoms with van der Waals surface area (Å²) in [7, 11) is 0. The molecule has 0 radical (unpaired) electrons. The van der Waals surface area contributed by atoms with Crippen molar-refractivity contribution in [3.05, 3.63) is 199 Å². The molecule has 0 amide bonds. The third-order valence-corrected chi connectivity index (χ3v) is 11.0. The van der Waals surface area contributed by atoms with Crippen LogP contribution in [0.4, 0.5) is 5.69 Å². The molecule has 11 rings (SSSR count). The van der Waals surface area contributed by atoms with Gasteiger partial charge in [-0.05, 0) is 79.8 Å². The van der Waals surface area contributed by atoms with Gasteiger partial charge in [-0.25, -0.2) is 19.8 Å². The number of hydrogen-bond acceptors (Lipinski definition) is 3. The van der Waals surface area contributed by atoms with E-state index in [2.05, 4.69) is 155 Å². The van der Waals surface area contributed by atoms with Crippen LogP contribution in [-0.4, -0.2) is 19.5 Å². The molecule has 0 saturated carbocycles. The molecule has 57 heavy (non-hydrogen) atoms. The smallest absolute Gasteiger partial charge is 0.190 e. The van der Waals surface area contributed by atoms with Crippen LogP contribution in [0, 0.1) is 6.57 Å². The summed E-state index contributed by atoms with van der Waals surface area (Å²) in [4.78, 5) is 19.7. The lowest BCUT2D eigenvalue weighted by Gasteiger charge is -2.15. The quantitative estimate of drug-likeness (QED) is 0.131. The van der Waals surface area contributed by atoms with Crippen LogP contribution in [0.15, 0.2) is 188 Å². The van der Waals surface area contributed by atoms with Gasteiger partial charge in [-0.3, -0.25) is 0 Å². The van der Waals surface area contributed by atoms with Crippen molar-refractivity contribution in [3.63, 3.8) is 0 Å². The molecule has 2 aromatic heterocycles. The summed E-state index contributed by atoms with van der Waals surface area (Å²) in [5.74, 6) is 1.61. The maximum atomic E-state index is 8.19. The molecular formula is C52H31N5. The molecular weight excluding hydrogens is 695 g/mol. The third-order valence-electron chi connectivity index (χ3n) is 11.0. The summed E-state index contributed by atoms with van der Waals surface area (Å²) < 4.78 is 2.23. The summed E-state index contributed by atoms with van der Waals surface area (Å²) in [6.45, 7) is 8.19. The lowest BCUT2D eigenvalue weighted by Crippen LogP contribution is -2.02. The lowest BCUT2D eigenvalue weighted by molar-refractivity contribution is 1.07. The Morgan fingerprint density at radius 3 is 1.47 bits per heavy atom. The highest BCUT2D eigenvalue weighted by molar-refractivity contribution is 6.25. The van der Waals surface area contributed by atoms with Gasteiger partial charge in [0.25, 0.3) is 0 Å². The maximum Gasteiger partial charge on any atom is 0.190 e. The van der Waals surface area contributed by atoms with E-state index >= 15 is 0 Å². The monoisotopic (exact) mass is 725 g/mol. The fraction of sp³-hybridized carbons (Fsp3) is 0. The Balaban J connectivity index is 1.18. The molecule has 9 aromatic carbocycles. The molecule has 0 spiro atoms. The fourth-order valence-corrected chi connectivity index (χ4v) is 8.47. The van der Waals surface area contributed by atoms with Crippen LogP contribution in [0.2, 0.25) is 0 Å². The van der Waals surface area contributed by atoms with Gasteiger partial charge in [0, 0.05) is 33.2 Å². The zero-order valence-electron chi connectivity index (χ0n) is 30.6. The zero-order valence-corrected chi connectivity index (χ0v) is 30.6.